The number of hydrogen-bond acceptors (Lipinski definition) is 5. The molecule has 54 valence electrons. The van der Waals surface area contributed by atoms with Crippen LogP contribution in [0, 0.1) is 0 Å². The maximum Gasteiger partial charge on any atom is 0.216 e. The molecule has 0 spiro atoms. The maximum atomic E-state index is 5.36. The fraction of sp³-hybridized carbons (Fsp3) is 0.333. The van der Waals surface area contributed by atoms with E-state index in [1.165, 1.54) is 0 Å². The van der Waals surface area contributed by atoms with E-state index in [1.807, 2.05) is 0 Å². The van der Waals surface area contributed by atoms with Gasteiger partial charge in [-0.1, -0.05) is 0 Å². The molecule has 1 aromatic heterocycles. The van der Waals surface area contributed by atoms with E-state index in [1.54, 1.807) is 7.05 Å². The fourth-order valence-corrected chi connectivity index (χ4v) is 0.441. The van der Waals surface area contributed by atoms with Gasteiger partial charge >= 0.3 is 0 Å². The van der Waals surface area contributed by atoms with E-state index < -0.39 is 0 Å². The molecule has 4 N–H and O–H groups in total. The van der Waals surface area contributed by atoms with Gasteiger partial charge in [0.2, 0.25) is 5.82 Å². The molecule has 0 aliphatic heterocycles. The smallest absolute Gasteiger partial charge is 0.216 e. The highest BCUT2D eigenvalue weighted by Crippen LogP contribution is 1.78. The molecule has 1 aromatic rings. The predicted octanol–water partition coefficient (Wildman–Crippen LogP) is -1.96. The van der Waals surface area contributed by atoms with Crippen LogP contribution < -0.4 is 11.2 Å². The second kappa shape index (κ2) is 2.76. The van der Waals surface area contributed by atoms with E-state index in [-0.39, 0.29) is 5.84 Å². The number of nitrogens with one attached hydrogen (secondary N) is 2. The van der Waals surface area contributed by atoms with Gasteiger partial charge in [-0.05, 0) is 10.4 Å². The number of nitrogens with zero attached hydrogens (tertiary/aromatic N) is 4. The van der Waals surface area contributed by atoms with Crippen molar-refractivity contribution in [1.82, 2.24) is 26.0 Å². The molecule has 1 heterocycles. The Labute approximate surface area is 56.7 Å². The van der Waals surface area contributed by atoms with Crippen LogP contribution in [0.2, 0.25) is 0 Å². The van der Waals surface area contributed by atoms with Crippen LogP contribution in [-0.2, 0) is 0 Å². The number of rotatable bonds is 2. The van der Waals surface area contributed by atoms with E-state index in [2.05, 4.69) is 31.2 Å². The number of aromatic nitrogens is 4. The lowest BCUT2D eigenvalue weighted by molar-refractivity contribution is 0.881. The van der Waals surface area contributed by atoms with Crippen molar-refractivity contribution in [2.45, 2.75) is 0 Å². The zero-order valence-corrected chi connectivity index (χ0v) is 5.37. The first-order chi connectivity index (χ1) is 4.84. The quantitative estimate of drug-likeness (QED) is 0.252. The number of hydrazone groups is 1. The molecule has 0 bridgehead atoms. The molecule has 0 aromatic carbocycles. The van der Waals surface area contributed by atoms with Crippen LogP contribution in [0.3, 0.4) is 0 Å². The van der Waals surface area contributed by atoms with Gasteiger partial charge in [0.1, 0.15) is 0 Å². The zero-order valence-electron chi connectivity index (χ0n) is 5.37. The number of tetrazole rings is 1. The van der Waals surface area contributed by atoms with Gasteiger partial charge in [0.25, 0.3) is 0 Å². The third-order valence-corrected chi connectivity index (χ3v) is 0.820. The molecule has 0 fully saturated rings. The Bertz CT molecular complexity index is 211. The van der Waals surface area contributed by atoms with Crippen molar-refractivity contribution in [3.63, 3.8) is 0 Å². The molecule has 0 saturated heterocycles. The van der Waals surface area contributed by atoms with Crippen molar-refractivity contribution in [1.29, 1.82) is 0 Å². The molecule has 0 aliphatic carbocycles. The van der Waals surface area contributed by atoms with Crippen molar-refractivity contribution >= 4 is 5.84 Å². The summed E-state index contributed by atoms with van der Waals surface area (Å²) in [5, 5.41) is 16.2. The van der Waals surface area contributed by atoms with Crippen LogP contribution in [-0.4, -0.2) is 33.5 Å². The summed E-state index contributed by atoms with van der Waals surface area (Å²) < 4.78 is 0. The SMILES string of the molecule is CN/N=C(\N)c1nnn[nH]1. The molecular weight excluding hydrogens is 134 g/mol. The van der Waals surface area contributed by atoms with Crippen molar-refractivity contribution in [3.05, 3.63) is 5.82 Å². The molecule has 0 unspecified atom stereocenters. The van der Waals surface area contributed by atoms with Crippen molar-refractivity contribution in [2.75, 3.05) is 7.05 Å². The van der Waals surface area contributed by atoms with E-state index in [0.717, 1.165) is 0 Å². The van der Waals surface area contributed by atoms with Gasteiger partial charge in [0.05, 0.1) is 0 Å². The summed E-state index contributed by atoms with van der Waals surface area (Å²) in [5.74, 6) is 0.585. The van der Waals surface area contributed by atoms with E-state index in [9.17, 15) is 0 Å². The van der Waals surface area contributed by atoms with E-state index in [4.69, 9.17) is 5.73 Å². The molecular formula is C3H7N7. The molecule has 10 heavy (non-hydrogen) atoms. The average Bonchev–Trinajstić information content (AvgIpc) is 2.38. The number of H-pyrrole nitrogens is 1. The molecule has 0 aliphatic rings. The molecule has 7 heteroatoms. The van der Waals surface area contributed by atoms with Gasteiger partial charge in [-0.25, -0.2) is 5.10 Å². The molecule has 0 radical (unpaired) electrons. The molecule has 0 amide bonds. The predicted molar refractivity (Wildman–Crippen MR) is 34.0 cm³/mol. The number of hydrogen-bond donors (Lipinski definition) is 3. The lowest BCUT2D eigenvalue weighted by Gasteiger charge is -1.90. The topological polar surface area (TPSA) is 105 Å². The lowest BCUT2D eigenvalue weighted by Crippen LogP contribution is -2.18. The van der Waals surface area contributed by atoms with Gasteiger partial charge in [-0.2, -0.15) is 5.10 Å². The summed E-state index contributed by atoms with van der Waals surface area (Å²) in [6.07, 6.45) is 0. The lowest BCUT2D eigenvalue weighted by atomic mass is 10.6. The number of nitrogens with two attached hydrogens (primary N) is 1. The van der Waals surface area contributed by atoms with E-state index in [0.29, 0.717) is 5.82 Å². The van der Waals surface area contributed by atoms with Crippen LogP contribution in [0.5, 0.6) is 0 Å². The third kappa shape index (κ3) is 1.19. The summed E-state index contributed by atoms with van der Waals surface area (Å²) in [6, 6.07) is 0. The highest BCUT2D eigenvalue weighted by atomic mass is 15.5. The standard InChI is InChI=1S/C3H7N7/c1-5-6-2(4)3-7-9-10-8-3/h5H,1H3,(H2,4,6)(H,7,8,9,10). The Kier molecular flexibility index (Phi) is 1.78. The summed E-state index contributed by atoms with van der Waals surface area (Å²) in [5.41, 5.74) is 7.87. The van der Waals surface area contributed by atoms with Crippen molar-refractivity contribution < 1.29 is 0 Å². The summed E-state index contributed by atoms with van der Waals surface area (Å²) in [6.45, 7) is 0. The average molecular weight is 141 g/mol. The largest absolute Gasteiger partial charge is 0.379 e. The van der Waals surface area contributed by atoms with Crippen LogP contribution in [0.15, 0.2) is 5.10 Å². The zero-order chi connectivity index (χ0) is 7.40. The van der Waals surface area contributed by atoms with Crippen LogP contribution >= 0.6 is 0 Å². The minimum atomic E-state index is 0.229. The van der Waals surface area contributed by atoms with Crippen LogP contribution in [0.1, 0.15) is 5.82 Å². The Morgan fingerprint density at radius 2 is 2.60 bits per heavy atom. The maximum absolute atomic E-state index is 5.36. The number of aromatic amines is 1. The first-order valence-corrected chi connectivity index (χ1v) is 2.58. The monoisotopic (exact) mass is 141 g/mol. The third-order valence-electron chi connectivity index (χ3n) is 0.820. The molecule has 1 rings (SSSR count). The Morgan fingerprint density at radius 3 is 3.10 bits per heavy atom. The van der Waals surface area contributed by atoms with Crippen LogP contribution in [0.4, 0.5) is 0 Å². The van der Waals surface area contributed by atoms with E-state index >= 15 is 0 Å². The second-order valence-electron chi connectivity index (χ2n) is 1.47. The molecule has 0 saturated carbocycles. The summed E-state index contributed by atoms with van der Waals surface area (Å²) in [4.78, 5) is 0. The van der Waals surface area contributed by atoms with Gasteiger partial charge < -0.3 is 11.2 Å². The second-order valence-corrected chi connectivity index (χ2v) is 1.47. The van der Waals surface area contributed by atoms with Crippen molar-refractivity contribution in [3.8, 4) is 0 Å². The number of amidine groups is 1. The Balaban J connectivity index is 2.77. The van der Waals surface area contributed by atoms with Gasteiger partial charge in [0.15, 0.2) is 5.84 Å². The van der Waals surface area contributed by atoms with Gasteiger partial charge in [0, 0.05) is 7.05 Å². The minimum Gasteiger partial charge on any atom is -0.379 e. The van der Waals surface area contributed by atoms with Crippen LogP contribution in [0.25, 0.3) is 0 Å². The Hall–Kier alpha value is -1.66. The first kappa shape index (κ1) is 6.46. The molecule has 0 atom stereocenters. The van der Waals surface area contributed by atoms with Gasteiger partial charge in [-0.15, -0.1) is 5.10 Å². The minimum absolute atomic E-state index is 0.229. The molecule has 7 nitrogen and oxygen atoms in total. The van der Waals surface area contributed by atoms with Crippen molar-refractivity contribution in [2.24, 2.45) is 10.8 Å². The first-order valence-electron chi connectivity index (χ1n) is 2.58. The van der Waals surface area contributed by atoms with Gasteiger partial charge in [-0.3, -0.25) is 0 Å². The highest BCUT2D eigenvalue weighted by molar-refractivity contribution is 5.93. The Morgan fingerprint density at radius 1 is 1.80 bits per heavy atom. The fourth-order valence-electron chi connectivity index (χ4n) is 0.441. The normalized spacial score (nSPS) is 11.5. The summed E-state index contributed by atoms with van der Waals surface area (Å²) in [7, 11) is 1.64. The summed E-state index contributed by atoms with van der Waals surface area (Å²) >= 11 is 0. The highest BCUT2D eigenvalue weighted by Gasteiger charge is 1.99.